The topological polar surface area (TPSA) is 55.4 Å². The molecule has 0 unspecified atom stereocenters. The third kappa shape index (κ3) is 6.03. The molecule has 0 heterocycles. The van der Waals surface area contributed by atoms with Gasteiger partial charge < -0.3 is 0 Å². The molecule has 0 aliphatic heterocycles. The average molecular weight is 224 g/mol. The molecule has 0 rings (SSSR count). The minimum atomic E-state index is -0.345. The Labute approximate surface area is 90.1 Å². The van der Waals surface area contributed by atoms with Crippen LogP contribution in [-0.2, 0) is 29.3 Å². The van der Waals surface area contributed by atoms with E-state index in [0.29, 0.717) is 19.8 Å². The molecular formula is C9H20O6. The van der Waals surface area contributed by atoms with Crippen molar-refractivity contribution in [3.8, 4) is 0 Å². The van der Waals surface area contributed by atoms with E-state index in [-0.39, 0.29) is 5.41 Å². The zero-order valence-corrected chi connectivity index (χ0v) is 9.78. The summed E-state index contributed by atoms with van der Waals surface area (Å²) in [7, 11) is 4.36. The van der Waals surface area contributed by atoms with Crippen molar-refractivity contribution in [2.75, 3.05) is 41.2 Å². The zero-order valence-electron chi connectivity index (χ0n) is 9.78. The summed E-state index contributed by atoms with van der Waals surface area (Å²) in [6, 6.07) is 0. The summed E-state index contributed by atoms with van der Waals surface area (Å²) in [6.45, 7) is 3.02. The fourth-order valence-electron chi connectivity index (χ4n) is 0.983. The molecule has 0 saturated heterocycles. The molecule has 0 fully saturated rings. The first-order chi connectivity index (χ1) is 7.24. The maximum atomic E-state index is 4.91. The first-order valence-electron chi connectivity index (χ1n) is 4.71. The van der Waals surface area contributed by atoms with E-state index in [1.165, 1.54) is 21.3 Å². The molecule has 92 valence electrons. The molecule has 0 spiro atoms. The third-order valence-electron chi connectivity index (χ3n) is 2.20. The molecule has 15 heavy (non-hydrogen) atoms. The molecule has 0 radical (unpaired) electrons. The zero-order chi connectivity index (χ0) is 11.6. The minimum Gasteiger partial charge on any atom is -0.240 e. The Morgan fingerprint density at radius 1 is 0.733 bits per heavy atom. The van der Waals surface area contributed by atoms with Crippen molar-refractivity contribution in [2.45, 2.75) is 13.3 Å². The van der Waals surface area contributed by atoms with Gasteiger partial charge in [0.25, 0.3) is 0 Å². The Morgan fingerprint density at radius 3 is 1.27 bits per heavy atom. The van der Waals surface area contributed by atoms with Gasteiger partial charge in [0.05, 0.1) is 41.2 Å². The van der Waals surface area contributed by atoms with Gasteiger partial charge in [0, 0.05) is 5.41 Å². The summed E-state index contributed by atoms with van der Waals surface area (Å²) in [5.41, 5.74) is -0.345. The van der Waals surface area contributed by atoms with Crippen molar-refractivity contribution in [3.05, 3.63) is 0 Å². The Bertz CT molecular complexity index is 119. The largest absolute Gasteiger partial charge is 0.240 e. The Hall–Kier alpha value is -0.240. The van der Waals surface area contributed by atoms with Crippen molar-refractivity contribution in [2.24, 2.45) is 5.41 Å². The standard InChI is InChI=1S/C9H20O6/c1-5-9(6-13-10-2,7-14-11-3)8-15-12-4/h5-8H2,1-4H3. The van der Waals surface area contributed by atoms with E-state index >= 15 is 0 Å². The Morgan fingerprint density at radius 2 is 1.07 bits per heavy atom. The lowest BCUT2D eigenvalue weighted by atomic mass is 9.88. The molecule has 0 aromatic carbocycles. The first kappa shape index (κ1) is 14.8. The van der Waals surface area contributed by atoms with Crippen LogP contribution in [0.25, 0.3) is 0 Å². The van der Waals surface area contributed by atoms with E-state index in [0.717, 1.165) is 6.42 Å². The average Bonchev–Trinajstić information content (AvgIpc) is 2.29. The van der Waals surface area contributed by atoms with Crippen LogP contribution in [0.1, 0.15) is 13.3 Å². The summed E-state index contributed by atoms with van der Waals surface area (Å²) in [4.78, 5) is 28.4. The Balaban J connectivity index is 4.16. The van der Waals surface area contributed by atoms with Crippen LogP contribution in [-0.4, -0.2) is 41.2 Å². The molecule has 6 heteroatoms. The number of rotatable bonds is 10. The van der Waals surface area contributed by atoms with Crippen molar-refractivity contribution >= 4 is 0 Å². The highest BCUT2D eigenvalue weighted by atomic mass is 17.2. The molecule has 0 bridgehead atoms. The van der Waals surface area contributed by atoms with Crippen LogP contribution in [0.15, 0.2) is 0 Å². The van der Waals surface area contributed by atoms with Gasteiger partial charge in [-0.1, -0.05) is 6.92 Å². The van der Waals surface area contributed by atoms with Crippen LogP contribution in [0.2, 0.25) is 0 Å². The van der Waals surface area contributed by atoms with Gasteiger partial charge in [0.2, 0.25) is 0 Å². The molecule has 0 aromatic rings. The molecule has 0 atom stereocenters. The van der Waals surface area contributed by atoms with Crippen molar-refractivity contribution in [1.29, 1.82) is 0 Å². The fraction of sp³-hybridized carbons (Fsp3) is 1.00. The second kappa shape index (κ2) is 9.02. The fourth-order valence-corrected chi connectivity index (χ4v) is 0.983. The monoisotopic (exact) mass is 224 g/mol. The highest BCUT2D eigenvalue weighted by Gasteiger charge is 2.31. The lowest BCUT2D eigenvalue weighted by Crippen LogP contribution is -2.36. The van der Waals surface area contributed by atoms with E-state index in [1.54, 1.807) is 0 Å². The number of hydrogen-bond acceptors (Lipinski definition) is 6. The highest BCUT2D eigenvalue weighted by molar-refractivity contribution is 4.76. The molecule has 0 aromatic heterocycles. The molecule has 0 aliphatic carbocycles. The number of hydrogen-bond donors (Lipinski definition) is 0. The third-order valence-corrected chi connectivity index (χ3v) is 2.20. The lowest BCUT2D eigenvalue weighted by molar-refractivity contribution is -0.352. The maximum absolute atomic E-state index is 4.91. The summed E-state index contributed by atoms with van der Waals surface area (Å²) in [5, 5.41) is 0. The quantitative estimate of drug-likeness (QED) is 0.409. The van der Waals surface area contributed by atoms with Gasteiger partial charge in [0.1, 0.15) is 0 Å². The molecule has 0 saturated carbocycles. The van der Waals surface area contributed by atoms with Gasteiger partial charge in [-0.2, -0.15) is 0 Å². The SMILES string of the molecule is CCC(COOC)(COOC)COOC. The maximum Gasteiger partial charge on any atom is 0.0925 e. The molecule has 0 N–H and O–H groups in total. The van der Waals surface area contributed by atoms with E-state index in [1.807, 2.05) is 6.92 Å². The van der Waals surface area contributed by atoms with Crippen molar-refractivity contribution in [1.82, 2.24) is 0 Å². The molecular weight excluding hydrogens is 204 g/mol. The van der Waals surface area contributed by atoms with Gasteiger partial charge in [0.15, 0.2) is 0 Å². The smallest absolute Gasteiger partial charge is 0.0925 e. The minimum absolute atomic E-state index is 0.340. The van der Waals surface area contributed by atoms with Crippen LogP contribution in [0, 0.1) is 5.41 Å². The summed E-state index contributed by atoms with van der Waals surface area (Å²) >= 11 is 0. The van der Waals surface area contributed by atoms with E-state index in [4.69, 9.17) is 14.7 Å². The van der Waals surface area contributed by atoms with E-state index < -0.39 is 0 Å². The predicted molar refractivity (Wildman–Crippen MR) is 51.6 cm³/mol. The van der Waals surface area contributed by atoms with Gasteiger partial charge in [-0.25, -0.2) is 29.3 Å². The first-order valence-corrected chi connectivity index (χ1v) is 4.71. The van der Waals surface area contributed by atoms with Crippen LogP contribution < -0.4 is 0 Å². The van der Waals surface area contributed by atoms with Crippen molar-refractivity contribution < 1.29 is 29.3 Å². The van der Waals surface area contributed by atoms with Gasteiger partial charge >= 0.3 is 0 Å². The van der Waals surface area contributed by atoms with Crippen LogP contribution in [0.3, 0.4) is 0 Å². The van der Waals surface area contributed by atoms with Gasteiger partial charge in [-0.05, 0) is 6.42 Å². The second-order valence-electron chi connectivity index (χ2n) is 3.14. The van der Waals surface area contributed by atoms with Crippen LogP contribution in [0.5, 0.6) is 0 Å². The lowest BCUT2D eigenvalue weighted by Gasteiger charge is -2.29. The molecule has 0 amide bonds. The second-order valence-corrected chi connectivity index (χ2v) is 3.14. The van der Waals surface area contributed by atoms with Crippen LogP contribution in [0.4, 0.5) is 0 Å². The van der Waals surface area contributed by atoms with E-state index in [9.17, 15) is 0 Å². The summed E-state index contributed by atoms with van der Waals surface area (Å²) in [5.74, 6) is 0. The highest BCUT2D eigenvalue weighted by Crippen LogP contribution is 2.24. The molecule has 0 aliphatic rings. The normalized spacial score (nSPS) is 12.0. The van der Waals surface area contributed by atoms with Gasteiger partial charge in [-0.15, -0.1) is 0 Å². The van der Waals surface area contributed by atoms with Crippen LogP contribution >= 0.6 is 0 Å². The van der Waals surface area contributed by atoms with E-state index in [2.05, 4.69) is 14.7 Å². The summed E-state index contributed by atoms with van der Waals surface area (Å²) in [6.07, 6.45) is 0.781. The van der Waals surface area contributed by atoms with Crippen molar-refractivity contribution in [3.63, 3.8) is 0 Å². The Kier molecular flexibility index (Phi) is 8.88. The molecule has 6 nitrogen and oxygen atoms in total. The van der Waals surface area contributed by atoms with Gasteiger partial charge in [-0.3, -0.25) is 0 Å². The summed E-state index contributed by atoms with van der Waals surface area (Å²) < 4.78 is 0. The predicted octanol–water partition coefficient (Wildman–Crippen LogP) is 1.12.